The fourth-order valence-electron chi connectivity index (χ4n) is 6.26. The van der Waals surface area contributed by atoms with Crippen LogP contribution in [0.1, 0.15) is 47.2 Å². The van der Waals surface area contributed by atoms with Gasteiger partial charge < -0.3 is 9.80 Å². The van der Waals surface area contributed by atoms with Gasteiger partial charge in [0.2, 0.25) is 0 Å². The molecule has 0 heterocycles. The molecule has 6 aromatic rings. The first-order chi connectivity index (χ1) is 23.7. The second kappa shape index (κ2) is 16.3. The second-order valence-electron chi connectivity index (χ2n) is 12.0. The Morgan fingerprint density at radius 3 is 1.04 bits per heavy atom. The van der Waals surface area contributed by atoms with Crippen LogP contribution in [0.25, 0.3) is 11.1 Å². The molecule has 0 bridgehead atoms. The molecule has 0 aliphatic rings. The summed E-state index contributed by atoms with van der Waals surface area (Å²) in [6.45, 7) is 8.08. The van der Waals surface area contributed by atoms with Crippen molar-refractivity contribution in [2.75, 3.05) is 22.9 Å². The van der Waals surface area contributed by atoms with E-state index >= 15 is 0 Å². The number of allylic oxidation sites excluding steroid dienone is 2. The predicted molar refractivity (Wildman–Crippen MR) is 206 cm³/mol. The quantitative estimate of drug-likeness (QED) is 0.118. The molecule has 0 aliphatic heterocycles. The van der Waals surface area contributed by atoms with Gasteiger partial charge in [0.15, 0.2) is 0 Å². The zero-order valence-electron chi connectivity index (χ0n) is 28.0. The summed E-state index contributed by atoms with van der Waals surface area (Å²) in [4.78, 5) is 4.85. The summed E-state index contributed by atoms with van der Waals surface area (Å²) in [5, 5.41) is 0. The summed E-state index contributed by atoms with van der Waals surface area (Å²) in [7, 11) is 0. The average molecular weight is 625 g/mol. The lowest BCUT2D eigenvalue weighted by Gasteiger charge is -2.26. The van der Waals surface area contributed by atoms with Crippen LogP contribution in [0.5, 0.6) is 0 Å². The number of hydrogen-bond donors (Lipinski definition) is 0. The zero-order chi connectivity index (χ0) is 33.0. The topological polar surface area (TPSA) is 6.48 Å². The SMILES string of the molecule is CCN(CC)c1ccc(/C(=C\C=C(c2ccccc2)c2ccccc2)c2ccc(N(Cc3ccccc3)Cc3ccccc3)cc2)cc1. The van der Waals surface area contributed by atoms with Gasteiger partial charge in [-0.3, -0.25) is 0 Å². The van der Waals surface area contributed by atoms with E-state index in [4.69, 9.17) is 0 Å². The third-order valence-electron chi connectivity index (χ3n) is 8.87. The fraction of sp³-hybridized carbons (Fsp3) is 0.130. The maximum atomic E-state index is 2.46. The van der Waals surface area contributed by atoms with E-state index in [0.717, 1.165) is 26.2 Å². The van der Waals surface area contributed by atoms with E-state index in [1.54, 1.807) is 0 Å². The Morgan fingerprint density at radius 1 is 0.375 bits per heavy atom. The number of rotatable bonds is 13. The third-order valence-corrected chi connectivity index (χ3v) is 8.87. The third kappa shape index (κ3) is 8.21. The van der Waals surface area contributed by atoms with Crippen molar-refractivity contribution in [3.8, 4) is 0 Å². The Kier molecular flexibility index (Phi) is 11.0. The number of nitrogens with zero attached hydrogens (tertiary/aromatic N) is 2. The zero-order valence-corrected chi connectivity index (χ0v) is 28.0. The minimum Gasteiger partial charge on any atom is -0.372 e. The van der Waals surface area contributed by atoms with E-state index in [2.05, 4.69) is 206 Å². The largest absolute Gasteiger partial charge is 0.372 e. The second-order valence-corrected chi connectivity index (χ2v) is 12.0. The van der Waals surface area contributed by atoms with Crippen LogP contribution in [0.15, 0.2) is 182 Å². The molecule has 6 rings (SSSR count). The van der Waals surface area contributed by atoms with Crippen LogP contribution in [0, 0.1) is 0 Å². The van der Waals surface area contributed by atoms with Crippen molar-refractivity contribution in [2.24, 2.45) is 0 Å². The van der Waals surface area contributed by atoms with Crippen molar-refractivity contribution in [1.82, 2.24) is 0 Å². The highest BCUT2D eigenvalue weighted by molar-refractivity contribution is 5.86. The molecule has 0 radical (unpaired) electrons. The van der Waals surface area contributed by atoms with Crippen molar-refractivity contribution in [3.63, 3.8) is 0 Å². The Bertz CT molecular complexity index is 1810. The molecule has 0 spiro atoms. The Hall–Kier alpha value is -5.60. The first kappa shape index (κ1) is 32.3. The highest BCUT2D eigenvalue weighted by Crippen LogP contribution is 2.31. The van der Waals surface area contributed by atoms with E-state index in [1.807, 2.05) is 0 Å². The van der Waals surface area contributed by atoms with Gasteiger partial charge in [0.25, 0.3) is 0 Å². The molecule has 0 amide bonds. The van der Waals surface area contributed by atoms with E-state index in [1.165, 1.54) is 55.9 Å². The van der Waals surface area contributed by atoms with Gasteiger partial charge in [0.1, 0.15) is 0 Å². The van der Waals surface area contributed by atoms with E-state index in [9.17, 15) is 0 Å². The molecule has 0 N–H and O–H groups in total. The number of anilines is 2. The molecule has 0 unspecified atom stereocenters. The molecule has 0 aliphatic carbocycles. The molecule has 6 aromatic carbocycles. The summed E-state index contributed by atoms with van der Waals surface area (Å²) in [6.07, 6.45) is 4.58. The normalized spacial score (nSPS) is 11.2. The Balaban J connectivity index is 1.41. The minimum atomic E-state index is 0.838. The lowest BCUT2D eigenvalue weighted by Crippen LogP contribution is -2.22. The Morgan fingerprint density at radius 2 is 0.688 bits per heavy atom. The van der Waals surface area contributed by atoms with Crippen LogP contribution >= 0.6 is 0 Å². The van der Waals surface area contributed by atoms with Crippen LogP contribution in [0.3, 0.4) is 0 Å². The fourth-order valence-corrected chi connectivity index (χ4v) is 6.26. The predicted octanol–water partition coefficient (Wildman–Crippen LogP) is 11.3. The lowest BCUT2D eigenvalue weighted by atomic mass is 9.93. The molecule has 0 aromatic heterocycles. The number of hydrogen-bond acceptors (Lipinski definition) is 2. The standard InChI is InChI=1S/C46H44N2/c1-3-47(4-2)43-29-25-41(26-30-43)46(34-33-45(39-21-13-7-14-22-39)40-23-15-8-16-24-40)42-27-31-44(32-28-42)48(35-37-17-9-5-10-18-37)36-38-19-11-6-12-20-38/h5-34H,3-4,35-36H2,1-2H3/b46-34+. The molecule has 2 nitrogen and oxygen atoms in total. The van der Waals surface area contributed by atoms with Crippen LogP contribution in [0.2, 0.25) is 0 Å². The first-order valence-electron chi connectivity index (χ1n) is 17.0. The average Bonchev–Trinajstić information content (AvgIpc) is 3.16. The van der Waals surface area contributed by atoms with Gasteiger partial charge in [-0.05, 0) is 82.6 Å². The molecule has 48 heavy (non-hydrogen) atoms. The van der Waals surface area contributed by atoms with Gasteiger partial charge in [-0.15, -0.1) is 0 Å². The summed E-state index contributed by atoms with van der Waals surface area (Å²) in [5.74, 6) is 0. The van der Waals surface area contributed by atoms with Gasteiger partial charge in [0, 0.05) is 37.6 Å². The molecule has 238 valence electrons. The van der Waals surface area contributed by atoms with Crippen molar-refractivity contribution in [1.29, 1.82) is 0 Å². The van der Waals surface area contributed by atoms with Crippen molar-refractivity contribution in [2.45, 2.75) is 26.9 Å². The Labute approximate surface area is 287 Å². The molecule has 0 saturated heterocycles. The highest BCUT2D eigenvalue weighted by atomic mass is 15.1. The van der Waals surface area contributed by atoms with Crippen LogP contribution in [-0.2, 0) is 13.1 Å². The van der Waals surface area contributed by atoms with Gasteiger partial charge in [-0.1, -0.05) is 158 Å². The van der Waals surface area contributed by atoms with Crippen molar-refractivity contribution < 1.29 is 0 Å². The summed E-state index contributed by atoms with van der Waals surface area (Å²) in [6, 6.07) is 61.0. The van der Waals surface area contributed by atoms with Gasteiger partial charge in [-0.25, -0.2) is 0 Å². The monoisotopic (exact) mass is 624 g/mol. The smallest absolute Gasteiger partial charge is 0.0433 e. The van der Waals surface area contributed by atoms with Crippen molar-refractivity contribution >= 4 is 22.5 Å². The molecular weight excluding hydrogens is 581 g/mol. The molecule has 2 heteroatoms. The molecule has 0 saturated carbocycles. The van der Waals surface area contributed by atoms with Gasteiger partial charge in [-0.2, -0.15) is 0 Å². The summed E-state index contributed by atoms with van der Waals surface area (Å²) < 4.78 is 0. The minimum absolute atomic E-state index is 0.838. The lowest BCUT2D eigenvalue weighted by molar-refractivity contribution is 0.800. The van der Waals surface area contributed by atoms with Gasteiger partial charge in [0.05, 0.1) is 0 Å². The molecular formula is C46H44N2. The van der Waals surface area contributed by atoms with E-state index in [-0.39, 0.29) is 0 Å². The van der Waals surface area contributed by atoms with E-state index in [0.29, 0.717) is 0 Å². The van der Waals surface area contributed by atoms with Crippen LogP contribution < -0.4 is 9.80 Å². The van der Waals surface area contributed by atoms with Crippen LogP contribution in [0.4, 0.5) is 11.4 Å². The molecule has 0 fully saturated rings. The van der Waals surface area contributed by atoms with Gasteiger partial charge >= 0.3 is 0 Å². The maximum Gasteiger partial charge on any atom is 0.0433 e. The molecule has 0 atom stereocenters. The van der Waals surface area contributed by atoms with Crippen LogP contribution in [-0.4, -0.2) is 13.1 Å². The number of benzene rings is 6. The summed E-state index contributed by atoms with van der Waals surface area (Å²) >= 11 is 0. The summed E-state index contributed by atoms with van der Waals surface area (Å²) in [5.41, 5.74) is 12.2. The van der Waals surface area contributed by atoms with Crippen molar-refractivity contribution in [3.05, 3.63) is 215 Å². The first-order valence-corrected chi connectivity index (χ1v) is 17.0. The van der Waals surface area contributed by atoms with E-state index < -0.39 is 0 Å². The maximum absolute atomic E-state index is 2.46. The highest BCUT2D eigenvalue weighted by Gasteiger charge is 2.12.